The maximum absolute atomic E-state index is 12.9. The molecule has 0 bridgehead atoms. The van der Waals surface area contributed by atoms with E-state index in [4.69, 9.17) is 9.47 Å². The minimum Gasteiger partial charge on any atom is -0.394 e. The molecule has 1 aliphatic rings. The normalized spacial score (nSPS) is 21.5. The number of allylic oxidation sites excluding steroid dienone is 1. The van der Waals surface area contributed by atoms with E-state index in [2.05, 4.69) is 19.2 Å². The van der Waals surface area contributed by atoms with E-state index in [0.717, 1.165) is 38.5 Å². The molecule has 1 aliphatic heterocycles. The standard InChI is InChI=1S/C45H87NO8/c1-3-5-7-9-11-13-15-16-17-18-19-20-21-22-23-25-27-29-31-33-35-41(49)46-38(37-53-45-44(52)43(51)42(50)40(36-47)54-45)39(48)34-32-30-28-26-24-14-12-10-8-6-4-2/h32,34,38-40,42-45,47-48,50-52H,3-31,33,35-37H2,1-2H3,(H,46,49)/b34-32+/t38-,39+,40+,42+,43?,44?,45+/m0/s1. The first kappa shape index (κ1) is 50.9. The molecule has 320 valence electrons. The van der Waals surface area contributed by atoms with Gasteiger partial charge in [0.2, 0.25) is 5.91 Å². The first-order valence-electron chi connectivity index (χ1n) is 22.9. The Morgan fingerprint density at radius 2 is 1.02 bits per heavy atom. The summed E-state index contributed by atoms with van der Waals surface area (Å²) in [4.78, 5) is 12.9. The number of carbonyl (C=O) groups is 1. The van der Waals surface area contributed by atoms with Gasteiger partial charge in [-0.1, -0.05) is 199 Å². The Hall–Kier alpha value is -1.07. The molecule has 0 aromatic heterocycles. The summed E-state index contributed by atoms with van der Waals surface area (Å²) in [6.07, 6.45) is 34.0. The third-order valence-electron chi connectivity index (χ3n) is 11.1. The molecule has 0 aromatic rings. The van der Waals surface area contributed by atoms with Crippen LogP contribution in [0, 0.1) is 0 Å². The maximum atomic E-state index is 12.9. The lowest BCUT2D eigenvalue weighted by atomic mass is 9.99. The van der Waals surface area contributed by atoms with Crippen LogP contribution in [-0.4, -0.2) is 87.5 Å². The predicted molar refractivity (Wildman–Crippen MR) is 221 cm³/mol. The van der Waals surface area contributed by atoms with Crippen molar-refractivity contribution >= 4 is 5.91 Å². The Kier molecular flexibility index (Phi) is 34.2. The highest BCUT2D eigenvalue weighted by Crippen LogP contribution is 2.23. The average Bonchev–Trinajstić information content (AvgIpc) is 3.17. The summed E-state index contributed by atoms with van der Waals surface area (Å²) in [6.45, 7) is 3.77. The fourth-order valence-corrected chi connectivity index (χ4v) is 7.39. The molecular weight excluding hydrogens is 682 g/mol. The molecule has 7 atom stereocenters. The third kappa shape index (κ3) is 26.7. The molecule has 2 unspecified atom stereocenters. The SMILES string of the molecule is CCCCCCCCCCC/C=C/[C@@H](O)[C@H](CO[C@@H]1O[C@H](CO)[C@@H](O)C(O)C1O)NC(=O)CCCCCCCCCCCCCCCCCCCCCC. The van der Waals surface area contributed by atoms with Crippen LogP contribution in [0.4, 0.5) is 0 Å². The Morgan fingerprint density at radius 1 is 0.611 bits per heavy atom. The van der Waals surface area contributed by atoms with Gasteiger partial charge in [0, 0.05) is 6.42 Å². The van der Waals surface area contributed by atoms with E-state index in [0.29, 0.717) is 6.42 Å². The van der Waals surface area contributed by atoms with Crippen molar-refractivity contribution in [1.82, 2.24) is 5.32 Å². The summed E-state index contributed by atoms with van der Waals surface area (Å²) in [5.41, 5.74) is 0. The second-order valence-corrected chi connectivity index (χ2v) is 16.2. The number of hydrogen-bond donors (Lipinski definition) is 6. The maximum Gasteiger partial charge on any atom is 0.220 e. The smallest absolute Gasteiger partial charge is 0.220 e. The van der Waals surface area contributed by atoms with Crippen LogP contribution in [0.15, 0.2) is 12.2 Å². The summed E-state index contributed by atoms with van der Waals surface area (Å²) in [7, 11) is 0. The van der Waals surface area contributed by atoms with Gasteiger partial charge >= 0.3 is 0 Å². The van der Waals surface area contributed by atoms with E-state index in [9.17, 15) is 30.3 Å². The van der Waals surface area contributed by atoms with Crippen molar-refractivity contribution in [2.24, 2.45) is 0 Å². The molecule has 0 radical (unpaired) electrons. The highest BCUT2D eigenvalue weighted by Gasteiger charge is 2.44. The Bertz CT molecular complexity index is 858. The number of nitrogens with one attached hydrogen (secondary N) is 1. The van der Waals surface area contributed by atoms with Crippen LogP contribution in [0.3, 0.4) is 0 Å². The van der Waals surface area contributed by atoms with E-state index >= 15 is 0 Å². The number of aliphatic hydroxyl groups excluding tert-OH is 5. The van der Waals surface area contributed by atoms with Gasteiger partial charge < -0.3 is 40.3 Å². The summed E-state index contributed by atoms with van der Waals surface area (Å²) >= 11 is 0. The molecule has 1 heterocycles. The molecule has 6 N–H and O–H groups in total. The van der Waals surface area contributed by atoms with Gasteiger partial charge in [-0.25, -0.2) is 0 Å². The average molecular weight is 770 g/mol. The first-order valence-corrected chi connectivity index (χ1v) is 22.9. The van der Waals surface area contributed by atoms with Crippen molar-refractivity contribution in [1.29, 1.82) is 0 Å². The molecule has 9 heteroatoms. The van der Waals surface area contributed by atoms with Crippen molar-refractivity contribution in [2.45, 2.75) is 256 Å². The van der Waals surface area contributed by atoms with Crippen LogP contribution in [-0.2, 0) is 14.3 Å². The lowest BCUT2D eigenvalue weighted by Crippen LogP contribution is -2.60. The number of aliphatic hydroxyl groups is 5. The van der Waals surface area contributed by atoms with Crippen LogP contribution in [0.25, 0.3) is 0 Å². The molecule has 1 fully saturated rings. The predicted octanol–water partition coefficient (Wildman–Crippen LogP) is 9.34. The zero-order chi connectivity index (χ0) is 39.5. The van der Waals surface area contributed by atoms with Crippen molar-refractivity contribution in [3.8, 4) is 0 Å². The van der Waals surface area contributed by atoms with Crippen LogP contribution in [0.1, 0.15) is 213 Å². The van der Waals surface area contributed by atoms with Gasteiger partial charge in [-0.05, 0) is 19.3 Å². The van der Waals surface area contributed by atoms with E-state index in [-0.39, 0.29) is 12.5 Å². The fourth-order valence-electron chi connectivity index (χ4n) is 7.39. The first-order chi connectivity index (χ1) is 26.3. The number of carbonyl (C=O) groups excluding carboxylic acids is 1. The summed E-state index contributed by atoms with van der Waals surface area (Å²) in [5, 5.41) is 54.1. The Labute approximate surface area is 331 Å². The van der Waals surface area contributed by atoms with E-state index < -0.39 is 49.5 Å². The van der Waals surface area contributed by atoms with Gasteiger partial charge in [-0.15, -0.1) is 0 Å². The topological polar surface area (TPSA) is 149 Å². The molecule has 0 aromatic carbocycles. The minimum atomic E-state index is -1.56. The summed E-state index contributed by atoms with van der Waals surface area (Å²) in [6, 6.07) is -0.797. The second kappa shape index (κ2) is 36.3. The molecule has 0 aliphatic carbocycles. The Balaban J connectivity index is 2.29. The monoisotopic (exact) mass is 770 g/mol. The zero-order valence-electron chi connectivity index (χ0n) is 35.0. The second-order valence-electron chi connectivity index (χ2n) is 16.2. The molecule has 1 rings (SSSR count). The lowest BCUT2D eigenvalue weighted by molar-refractivity contribution is -0.302. The van der Waals surface area contributed by atoms with Crippen LogP contribution < -0.4 is 5.32 Å². The lowest BCUT2D eigenvalue weighted by Gasteiger charge is -2.40. The van der Waals surface area contributed by atoms with Gasteiger partial charge in [-0.3, -0.25) is 4.79 Å². The number of rotatable bonds is 38. The largest absolute Gasteiger partial charge is 0.394 e. The quantitative estimate of drug-likeness (QED) is 0.0269. The van der Waals surface area contributed by atoms with Crippen LogP contribution in [0.5, 0.6) is 0 Å². The van der Waals surface area contributed by atoms with E-state index in [1.165, 1.54) is 154 Å². The molecule has 1 amide bonds. The van der Waals surface area contributed by atoms with Gasteiger partial charge in [0.1, 0.15) is 24.4 Å². The van der Waals surface area contributed by atoms with Gasteiger partial charge in [0.05, 0.1) is 25.4 Å². The van der Waals surface area contributed by atoms with Crippen LogP contribution >= 0.6 is 0 Å². The number of ether oxygens (including phenoxy) is 2. The minimum absolute atomic E-state index is 0.175. The fraction of sp³-hybridized carbons (Fsp3) is 0.933. The summed E-state index contributed by atoms with van der Waals surface area (Å²) < 4.78 is 11.2. The number of amides is 1. The molecule has 0 spiro atoms. The van der Waals surface area contributed by atoms with Crippen molar-refractivity contribution < 1.29 is 39.8 Å². The highest BCUT2D eigenvalue weighted by atomic mass is 16.7. The molecule has 0 saturated carbocycles. The van der Waals surface area contributed by atoms with Crippen LogP contribution in [0.2, 0.25) is 0 Å². The third-order valence-corrected chi connectivity index (χ3v) is 11.1. The highest BCUT2D eigenvalue weighted by molar-refractivity contribution is 5.76. The van der Waals surface area contributed by atoms with E-state index in [1.54, 1.807) is 6.08 Å². The van der Waals surface area contributed by atoms with E-state index in [1.807, 2.05) is 6.08 Å². The molecule has 9 nitrogen and oxygen atoms in total. The van der Waals surface area contributed by atoms with Crippen molar-refractivity contribution in [3.05, 3.63) is 12.2 Å². The van der Waals surface area contributed by atoms with Crippen molar-refractivity contribution in [2.75, 3.05) is 13.2 Å². The zero-order valence-corrected chi connectivity index (χ0v) is 35.0. The van der Waals surface area contributed by atoms with Crippen molar-refractivity contribution in [3.63, 3.8) is 0 Å². The number of unbranched alkanes of at least 4 members (excludes halogenated alkanes) is 28. The molecule has 54 heavy (non-hydrogen) atoms. The van der Waals surface area contributed by atoms with Gasteiger partial charge in [0.15, 0.2) is 6.29 Å². The number of hydrogen-bond acceptors (Lipinski definition) is 8. The molecule has 1 saturated heterocycles. The van der Waals surface area contributed by atoms with Gasteiger partial charge in [0.25, 0.3) is 0 Å². The summed E-state index contributed by atoms with van der Waals surface area (Å²) in [5.74, 6) is -0.175. The van der Waals surface area contributed by atoms with Gasteiger partial charge in [-0.2, -0.15) is 0 Å². The molecular formula is C45H87NO8. The Morgan fingerprint density at radius 3 is 1.44 bits per heavy atom.